The van der Waals surface area contributed by atoms with E-state index in [0.29, 0.717) is 0 Å². The van der Waals surface area contributed by atoms with Crippen LogP contribution in [0.3, 0.4) is 0 Å². The summed E-state index contributed by atoms with van der Waals surface area (Å²) in [6.45, 7) is 6.14. The lowest BCUT2D eigenvalue weighted by molar-refractivity contribution is 0.113. The molecule has 0 heterocycles. The third-order valence-corrected chi connectivity index (χ3v) is 3.84. The van der Waals surface area contributed by atoms with E-state index in [9.17, 15) is 9.50 Å². The second kappa shape index (κ2) is 7.49. The Bertz CT molecular complexity index is 325. The van der Waals surface area contributed by atoms with E-state index in [2.05, 4.69) is 19.2 Å². The summed E-state index contributed by atoms with van der Waals surface area (Å²) in [6.07, 6.45) is 2.84. The molecular weight excluding hydrogens is 229 g/mol. The summed E-state index contributed by atoms with van der Waals surface area (Å²) < 4.78 is 12.7. The molecule has 2 N–H and O–H groups in total. The van der Waals surface area contributed by atoms with E-state index in [-0.39, 0.29) is 17.8 Å². The summed E-state index contributed by atoms with van der Waals surface area (Å²) in [7, 11) is 0. The molecule has 2 nitrogen and oxygen atoms in total. The van der Waals surface area contributed by atoms with E-state index in [0.717, 1.165) is 37.9 Å². The lowest BCUT2D eigenvalue weighted by Gasteiger charge is -2.29. The molecule has 0 saturated carbocycles. The van der Waals surface area contributed by atoms with Gasteiger partial charge in [0.2, 0.25) is 0 Å². The van der Waals surface area contributed by atoms with Crippen LogP contribution in [-0.4, -0.2) is 24.8 Å². The van der Waals surface area contributed by atoms with Crippen LogP contribution in [0.1, 0.15) is 32.3 Å². The van der Waals surface area contributed by atoms with Gasteiger partial charge in [0, 0.05) is 18.6 Å². The highest BCUT2D eigenvalue weighted by molar-refractivity contribution is 5.16. The van der Waals surface area contributed by atoms with Crippen molar-refractivity contribution in [2.45, 2.75) is 33.1 Å². The fraction of sp³-hybridized carbons (Fsp3) is 0.600. The number of rotatable bonds is 8. The quantitative estimate of drug-likeness (QED) is 0.698. The van der Waals surface area contributed by atoms with E-state index >= 15 is 0 Å². The average molecular weight is 253 g/mol. The van der Waals surface area contributed by atoms with E-state index in [1.165, 1.54) is 12.1 Å². The molecule has 0 radical (unpaired) electrons. The minimum Gasteiger partial charge on any atom is -0.396 e. The number of halogens is 1. The van der Waals surface area contributed by atoms with Crippen LogP contribution in [0.4, 0.5) is 4.39 Å². The maximum Gasteiger partial charge on any atom is 0.123 e. The van der Waals surface area contributed by atoms with E-state index in [1.807, 2.05) is 12.1 Å². The molecule has 0 aromatic heterocycles. The molecular formula is C15H24FNO. The van der Waals surface area contributed by atoms with Crippen LogP contribution in [0.2, 0.25) is 0 Å². The van der Waals surface area contributed by atoms with Gasteiger partial charge in [0.15, 0.2) is 0 Å². The van der Waals surface area contributed by atoms with Crippen molar-refractivity contribution in [3.63, 3.8) is 0 Å². The van der Waals surface area contributed by atoms with Gasteiger partial charge >= 0.3 is 0 Å². The summed E-state index contributed by atoms with van der Waals surface area (Å²) in [5.41, 5.74) is 1.13. The Morgan fingerprint density at radius 1 is 1.17 bits per heavy atom. The summed E-state index contributed by atoms with van der Waals surface area (Å²) in [4.78, 5) is 0. The molecule has 1 aromatic carbocycles. The van der Waals surface area contributed by atoms with Gasteiger partial charge < -0.3 is 10.4 Å². The Labute approximate surface area is 109 Å². The van der Waals surface area contributed by atoms with Gasteiger partial charge in [0.1, 0.15) is 5.82 Å². The highest BCUT2D eigenvalue weighted by Gasteiger charge is 2.24. The first-order valence-corrected chi connectivity index (χ1v) is 6.72. The molecule has 0 saturated heterocycles. The Kier molecular flexibility index (Phi) is 6.30. The van der Waals surface area contributed by atoms with Crippen LogP contribution in [0, 0.1) is 11.2 Å². The van der Waals surface area contributed by atoms with Crippen LogP contribution >= 0.6 is 0 Å². The SMILES string of the molecule is CCC(CC)(CO)CNCCc1ccc(F)cc1. The first-order valence-electron chi connectivity index (χ1n) is 6.72. The average Bonchev–Trinajstić information content (AvgIpc) is 2.42. The van der Waals surface area contributed by atoms with E-state index < -0.39 is 0 Å². The number of hydrogen-bond acceptors (Lipinski definition) is 2. The van der Waals surface area contributed by atoms with Crippen LogP contribution in [0.25, 0.3) is 0 Å². The Morgan fingerprint density at radius 3 is 2.28 bits per heavy atom. The molecule has 102 valence electrons. The molecule has 0 aliphatic rings. The minimum absolute atomic E-state index is 0.00277. The number of aliphatic hydroxyl groups excluding tert-OH is 1. The highest BCUT2D eigenvalue weighted by Crippen LogP contribution is 2.24. The van der Waals surface area contributed by atoms with Gasteiger partial charge in [0.25, 0.3) is 0 Å². The zero-order chi connectivity index (χ0) is 13.4. The van der Waals surface area contributed by atoms with Gasteiger partial charge in [-0.2, -0.15) is 0 Å². The molecule has 0 fully saturated rings. The third kappa shape index (κ3) is 4.39. The summed E-state index contributed by atoms with van der Waals surface area (Å²) >= 11 is 0. The van der Waals surface area contributed by atoms with Gasteiger partial charge in [-0.1, -0.05) is 26.0 Å². The van der Waals surface area contributed by atoms with Gasteiger partial charge in [-0.05, 0) is 43.5 Å². The second-order valence-electron chi connectivity index (χ2n) is 4.92. The van der Waals surface area contributed by atoms with Crippen molar-refractivity contribution in [2.75, 3.05) is 19.7 Å². The number of hydrogen-bond donors (Lipinski definition) is 2. The summed E-state index contributed by atoms with van der Waals surface area (Å²) in [5.74, 6) is -0.192. The molecule has 1 aromatic rings. The molecule has 0 amide bonds. The van der Waals surface area contributed by atoms with Gasteiger partial charge in [-0.15, -0.1) is 0 Å². The molecule has 0 bridgehead atoms. The third-order valence-electron chi connectivity index (χ3n) is 3.84. The first kappa shape index (κ1) is 15.1. The van der Waals surface area contributed by atoms with Crippen molar-refractivity contribution >= 4 is 0 Å². The zero-order valence-corrected chi connectivity index (χ0v) is 11.4. The van der Waals surface area contributed by atoms with Gasteiger partial charge in [-0.3, -0.25) is 0 Å². The van der Waals surface area contributed by atoms with Crippen molar-refractivity contribution in [1.29, 1.82) is 0 Å². The van der Waals surface area contributed by atoms with Crippen molar-refractivity contribution < 1.29 is 9.50 Å². The van der Waals surface area contributed by atoms with Crippen molar-refractivity contribution in [1.82, 2.24) is 5.32 Å². The van der Waals surface area contributed by atoms with Crippen molar-refractivity contribution in [3.05, 3.63) is 35.6 Å². The zero-order valence-electron chi connectivity index (χ0n) is 11.4. The fourth-order valence-electron chi connectivity index (χ4n) is 2.02. The molecule has 0 aliphatic carbocycles. The molecule has 18 heavy (non-hydrogen) atoms. The van der Waals surface area contributed by atoms with Crippen LogP contribution < -0.4 is 5.32 Å². The summed E-state index contributed by atoms with van der Waals surface area (Å²) in [6, 6.07) is 6.61. The Hall–Kier alpha value is -0.930. The Morgan fingerprint density at radius 2 is 1.78 bits per heavy atom. The van der Waals surface area contributed by atoms with E-state index in [1.54, 1.807) is 0 Å². The van der Waals surface area contributed by atoms with Gasteiger partial charge in [-0.25, -0.2) is 4.39 Å². The summed E-state index contributed by atoms with van der Waals surface area (Å²) in [5, 5.41) is 12.8. The number of aliphatic hydroxyl groups is 1. The smallest absolute Gasteiger partial charge is 0.123 e. The largest absolute Gasteiger partial charge is 0.396 e. The Balaban J connectivity index is 2.31. The number of nitrogens with one attached hydrogen (secondary N) is 1. The van der Waals surface area contributed by atoms with Crippen LogP contribution in [-0.2, 0) is 6.42 Å². The fourth-order valence-corrected chi connectivity index (χ4v) is 2.02. The second-order valence-corrected chi connectivity index (χ2v) is 4.92. The molecule has 0 spiro atoms. The predicted molar refractivity (Wildman–Crippen MR) is 73.1 cm³/mol. The van der Waals surface area contributed by atoms with E-state index in [4.69, 9.17) is 0 Å². The topological polar surface area (TPSA) is 32.3 Å². The minimum atomic E-state index is -0.192. The maximum atomic E-state index is 12.7. The maximum absolute atomic E-state index is 12.7. The van der Waals surface area contributed by atoms with Crippen LogP contribution in [0.5, 0.6) is 0 Å². The monoisotopic (exact) mass is 253 g/mol. The molecule has 3 heteroatoms. The normalized spacial score (nSPS) is 11.8. The van der Waals surface area contributed by atoms with Crippen molar-refractivity contribution in [2.24, 2.45) is 5.41 Å². The molecule has 1 rings (SSSR count). The molecule has 0 unspecified atom stereocenters. The highest BCUT2D eigenvalue weighted by atomic mass is 19.1. The predicted octanol–water partition coefficient (Wildman–Crippen LogP) is 2.76. The first-order chi connectivity index (χ1) is 8.65. The lowest BCUT2D eigenvalue weighted by Crippen LogP contribution is -2.37. The van der Waals surface area contributed by atoms with Crippen molar-refractivity contribution in [3.8, 4) is 0 Å². The molecule has 0 atom stereocenters. The van der Waals surface area contributed by atoms with Gasteiger partial charge in [0.05, 0.1) is 0 Å². The number of benzene rings is 1. The van der Waals surface area contributed by atoms with Crippen LogP contribution in [0.15, 0.2) is 24.3 Å². The standard InChI is InChI=1S/C15H24FNO/c1-3-15(4-2,12-18)11-17-10-9-13-5-7-14(16)8-6-13/h5-8,17-18H,3-4,9-12H2,1-2H3. The molecule has 0 aliphatic heterocycles. The lowest BCUT2D eigenvalue weighted by atomic mass is 9.83.